The number of anilines is 1. The number of nitrogens with zero attached hydrogens (tertiary/aromatic N) is 2. The standard InChI is InChI=1S/C9H7ClFN3S2/c1-4-13-9(16-14-4)15-8-3-6(11)5(10)2-7(8)12/h2-3H,12H2,1H3. The first-order chi connectivity index (χ1) is 7.56. The van der Waals surface area contributed by atoms with E-state index in [-0.39, 0.29) is 5.02 Å². The summed E-state index contributed by atoms with van der Waals surface area (Å²) in [6.07, 6.45) is 0. The second-order valence-electron chi connectivity index (χ2n) is 3.01. The highest BCUT2D eigenvalue weighted by Crippen LogP contribution is 2.35. The van der Waals surface area contributed by atoms with Crippen molar-refractivity contribution in [2.24, 2.45) is 0 Å². The molecule has 2 aromatic rings. The Hall–Kier alpha value is -0.850. The molecule has 0 unspecified atom stereocenters. The molecule has 84 valence electrons. The summed E-state index contributed by atoms with van der Waals surface area (Å²) >= 11 is 8.14. The van der Waals surface area contributed by atoms with Gasteiger partial charge in [0.25, 0.3) is 0 Å². The van der Waals surface area contributed by atoms with Crippen LogP contribution in [0.1, 0.15) is 5.82 Å². The summed E-state index contributed by atoms with van der Waals surface area (Å²) in [5.41, 5.74) is 6.16. The highest BCUT2D eigenvalue weighted by Gasteiger charge is 2.10. The fourth-order valence-electron chi connectivity index (χ4n) is 1.05. The molecule has 1 aromatic carbocycles. The summed E-state index contributed by atoms with van der Waals surface area (Å²) < 4.78 is 18.0. The monoisotopic (exact) mass is 275 g/mol. The Morgan fingerprint density at radius 2 is 2.25 bits per heavy atom. The van der Waals surface area contributed by atoms with Crippen LogP contribution in [0.4, 0.5) is 10.1 Å². The van der Waals surface area contributed by atoms with Crippen molar-refractivity contribution in [3.63, 3.8) is 0 Å². The molecule has 7 heteroatoms. The number of benzene rings is 1. The predicted molar refractivity (Wildman–Crippen MR) is 64.6 cm³/mol. The van der Waals surface area contributed by atoms with E-state index in [0.717, 1.165) is 4.34 Å². The fourth-order valence-corrected chi connectivity index (χ4v) is 2.88. The van der Waals surface area contributed by atoms with E-state index in [1.165, 1.54) is 35.4 Å². The number of nitrogen functional groups attached to an aromatic ring is 1. The van der Waals surface area contributed by atoms with Gasteiger partial charge in [0, 0.05) is 10.6 Å². The van der Waals surface area contributed by atoms with Crippen molar-refractivity contribution in [2.45, 2.75) is 16.2 Å². The largest absolute Gasteiger partial charge is 0.398 e. The SMILES string of the molecule is Cc1nsc(Sc2cc(F)c(Cl)cc2N)n1. The topological polar surface area (TPSA) is 51.8 Å². The lowest BCUT2D eigenvalue weighted by Crippen LogP contribution is -1.90. The van der Waals surface area contributed by atoms with Gasteiger partial charge in [-0.1, -0.05) is 23.4 Å². The van der Waals surface area contributed by atoms with Gasteiger partial charge < -0.3 is 5.73 Å². The van der Waals surface area contributed by atoms with Crippen LogP contribution in [-0.2, 0) is 0 Å². The van der Waals surface area contributed by atoms with Gasteiger partial charge in [-0.3, -0.25) is 0 Å². The molecule has 0 amide bonds. The smallest absolute Gasteiger partial charge is 0.174 e. The third-order valence-electron chi connectivity index (χ3n) is 1.76. The summed E-state index contributed by atoms with van der Waals surface area (Å²) in [7, 11) is 0. The number of nitrogens with two attached hydrogens (primary N) is 1. The Morgan fingerprint density at radius 1 is 1.50 bits per heavy atom. The first-order valence-electron chi connectivity index (χ1n) is 4.29. The van der Waals surface area contributed by atoms with Gasteiger partial charge in [0.05, 0.1) is 5.02 Å². The van der Waals surface area contributed by atoms with Crippen molar-refractivity contribution < 1.29 is 4.39 Å². The summed E-state index contributed by atoms with van der Waals surface area (Å²) in [5.74, 6) is 0.208. The molecule has 1 aromatic heterocycles. The highest BCUT2D eigenvalue weighted by molar-refractivity contribution is 8.01. The highest BCUT2D eigenvalue weighted by atomic mass is 35.5. The van der Waals surface area contributed by atoms with E-state index >= 15 is 0 Å². The molecule has 0 saturated carbocycles. The Morgan fingerprint density at radius 3 is 2.88 bits per heavy atom. The van der Waals surface area contributed by atoms with Crippen molar-refractivity contribution in [1.29, 1.82) is 0 Å². The lowest BCUT2D eigenvalue weighted by Gasteiger charge is -2.03. The van der Waals surface area contributed by atoms with Crippen LogP contribution < -0.4 is 5.73 Å². The molecule has 0 radical (unpaired) electrons. The van der Waals surface area contributed by atoms with Crippen molar-refractivity contribution in [3.05, 3.63) is 28.8 Å². The quantitative estimate of drug-likeness (QED) is 0.854. The minimum atomic E-state index is -0.486. The lowest BCUT2D eigenvalue weighted by atomic mass is 10.3. The first kappa shape index (κ1) is 11.6. The van der Waals surface area contributed by atoms with Crippen LogP contribution in [0, 0.1) is 12.7 Å². The molecule has 0 aliphatic rings. The van der Waals surface area contributed by atoms with Gasteiger partial charge in [-0.2, -0.15) is 4.37 Å². The minimum absolute atomic E-state index is 0.0234. The van der Waals surface area contributed by atoms with Gasteiger partial charge >= 0.3 is 0 Å². The van der Waals surface area contributed by atoms with Crippen LogP contribution >= 0.6 is 34.9 Å². The van der Waals surface area contributed by atoms with Gasteiger partial charge in [0.2, 0.25) is 0 Å². The Balaban J connectivity index is 2.31. The Labute approximate surface area is 105 Å². The summed E-state index contributed by atoms with van der Waals surface area (Å²) in [6, 6.07) is 2.70. The molecule has 1 heterocycles. The molecule has 2 N–H and O–H groups in total. The molecule has 0 aliphatic heterocycles. The number of rotatable bonds is 2. The summed E-state index contributed by atoms with van der Waals surface area (Å²) in [5, 5.41) is 0.0234. The molecular weight excluding hydrogens is 269 g/mol. The van der Waals surface area contributed by atoms with Crippen molar-refractivity contribution in [1.82, 2.24) is 9.36 Å². The van der Waals surface area contributed by atoms with Crippen LogP contribution in [0.3, 0.4) is 0 Å². The average molecular weight is 276 g/mol. The maximum atomic E-state index is 13.2. The molecule has 0 fully saturated rings. The molecule has 16 heavy (non-hydrogen) atoms. The van der Waals surface area contributed by atoms with Gasteiger partial charge in [0.15, 0.2) is 4.34 Å². The Bertz CT molecular complexity index is 529. The zero-order valence-electron chi connectivity index (χ0n) is 8.20. The van der Waals surface area contributed by atoms with E-state index in [9.17, 15) is 4.39 Å². The second kappa shape index (κ2) is 4.57. The third-order valence-corrected chi connectivity index (χ3v) is 3.96. The number of hydrogen-bond acceptors (Lipinski definition) is 5. The number of aryl methyl sites for hydroxylation is 1. The van der Waals surface area contributed by atoms with Gasteiger partial charge in [-0.15, -0.1) is 0 Å². The average Bonchev–Trinajstić information content (AvgIpc) is 2.60. The van der Waals surface area contributed by atoms with Crippen LogP contribution in [0.25, 0.3) is 0 Å². The van der Waals surface area contributed by atoms with E-state index in [4.69, 9.17) is 17.3 Å². The lowest BCUT2D eigenvalue weighted by molar-refractivity contribution is 0.625. The van der Waals surface area contributed by atoms with Gasteiger partial charge in [-0.25, -0.2) is 9.37 Å². The molecule has 0 saturated heterocycles. The molecule has 0 bridgehead atoms. The Kier molecular flexibility index (Phi) is 3.32. The summed E-state index contributed by atoms with van der Waals surface area (Å²) in [4.78, 5) is 4.75. The van der Waals surface area contributed by atoms with Crippen LogP contribution in [0.2, 0.25) is 5.02 Å². The van der Waals surface area contributed by atoms with E-state index in [1.54, 1.807) is 6.92 Å². The summed E-state index contributed by atoms with van der Waals surface area (Å²) in [6.45, 7) is 1.80. The maximum absolute atomic E-state index is 13.2. The van der Waals surface area contributed by atoms with Crippen LogP contribution in [-0.4, -0.2) is 9.36 Å². The van der Waals surface area contributed by atoms with Gasteiger partial charge in [0.1, 0.15) is 11.6 Å². The van der Waals surface area contributed by atoms with E-state index in [1.807, 2.05) is 0 Å². The van der Waals surface area contributed by atoms with Crippen LogP contribution in [0.5, 0.6) is 0 Å². The normalized spacial score (nSPS) is 10.7. The minimum Gasteiger partial charge on any atom is -0.398 e. The fraction of sp³-hybridized carbons (Fsp3) is 0.111. The number of halogens is 2. The number of aromatic nitrogens is 2. The first-order valence-corrected chi connectivity index (χ1v) is 6.25. The molecule has 2 rings (SSSR count). The molecule has 0 spiro atoms. The molecular formula is C9H7ClFN3S2. The predicted octanol–water partition coefficient (Wildman–Crippen LogP) is 3.37. The molecule has 3 nitrogen and oxygen atoms in total. The van der Waals surface area contributed by atoms with E-state index in [2.05, 4.69) is 9.36 Å². The zero-order valence-corrected chi connectivity index (χ0v) is 10.6. The molecule has 0 aliphatic carbocycles. The van der Waals surface area contributed by atoms with Gasteiger partial charge in [-0.05, 0) is 30.6 Å². The van der Waals surface area contributed by atoms with E-state index in [0.29, 0.717) is 16.4 Å². The zero-order chi connectivity index (χ0) is 11.7. The maximum Gasteiger partial charge on any atom is 0.174 e. The van der Waals surface area contributed by atoms with Crippen molar-refractivity contribution >= 4 is 40.6 Å². The third kappa shape index (κ3) is 2.45. The second-order valence-corrected chi connectivity index (χ2v) is 5.46. The van der Waals surface area contributed by atoms with Crippen molar-refractivity contribution in [3.8, 4) is 0 Å². The molecule has 0 atom stereocenters. The van der Waals surface area contributed by atoms with E-state index < -0.39 is 5.82 Å². The van der Waals surface area contributed by atoms with Crippen molar-refractivity contribution in [2.75, 3.05) is 5.73 Å². The number of hydrogen-bond donors (Lipinski definition) is 1. The van der Waals surface area contributed by atoms with Crippen LogP contribution in [0.15, 0.2) is 21.4 Å².